The fourth-order valence-corrected chi connectivity index (χ4v) is 3.02. The van der Waals surface area contributed by atoms with Gasteiger partial charge in [0.05, 0.1) is 16.3 Å². The lowest BCUT2D eigenvalue weighted by Gasteiger charge is -2.09. The number of fused-ring (bicyclic) bond motifs is 1. The quantitative estimate of drug-likeness (QED) is 0.846. The lowest BCUT2D eigenvalue weighted by molar-refractivity contribution is -0.117. The first-order valence-electron chi connectivity index (χ1n) is 5.65. The Labute approximate surface area is 114 Å². The molecule has 0 aliphatic heterocycles. The number of carbonyl (C=O) groups excluding carboxylic acids is 1. The van der Waals surface area contributed by atoms with E-state index in [1.807, 2.05) is 31.4 Å². The van der Waals surface area contributed by atoms with Gasteiger partial charge in [-0.05, 0) is 30.9 Å². The number of nitrogens with two attached hydrogens (primary N) is 1. The second kappa shape index (κ2) is 5.69. The molecule has 1 heterocycles. The fourth-order valence-electron chi connectivity index (χ4n) is 1.49. The SMILES string of the molecule is CC[C@H](N)C(=O)Nc1ccc2nc(SC)sc2c1. The van der Waals surface area contributed by atoms with Gasteiger partial charge in [-0.2, -0.15) is 0 Å². The van der Waals surface area contributed by atoms with Crippen molar-refractivity contribution in [3.63, 3.8) is 0 Å². The van der Waals surface area contributed by atoms with Crippen molar-refractivity contribution < 1.29 is 4.79 Å². The molecule has 2 aromatic rings. The molecule has 96 valence electrons. The van der Waals surface area contributed by atoms with Gasteiger partial charge < -0.3 is 11.1 Å². The summed E-state index contributed by atoms with van der Waals surface area (Å²) in [6, 6.07) is 5.25. The smallest absolute Gasteiger partial charge is 0.241 e. The molecule has 0 aliphatic carbocycles. The molecular weight excluding hydrogens is 266 g/mol. The first-order chi connectivity index (χ1) is 8.63. The number of thioether (sulfide) groups is 1. The number of amides is 1. The van der Waals surface area contributed by atoms with Crippen LogP contribution in [0.25, 0.3) is 10.2 Å². The summed E-state index contributed by atoms with van der Waals surface area (Å²) in [6.07, 6.45) is 2.63. The summed E-state index contributed by atoms with van der Waals surface area (Å²) in [4.78, 5) is 16.1. The summed E-state index contributed by atoms with van der Waals surface area (Å²) in [5.41, 5.74) is 7.41. The first kappa shape index (κ1) is 13.3. The number of hydrogen-bond donors (Lipinski definition) is 2. The van der Waals surface area contributed by atoms with E-state index >= 15 is 0 Å². The van der Waals surface area contributed by atoms with Crippen LogP contribution in [0, 0.1) is 0 Å². The van der Waals surface area contributed by atoms with E-state index < -0.39 is 6.04 Å². The van der Waals surface area contributed by atoms with Gasteiger partial charge in [-0.15, -0.1) is 11.3 Å². The zero-order valence-corrected chi connectivity index (χ0v) is 11.9. The number of carbonyl (C=O) groups is 1. The van der Waals surface area contributed by atoms with Crippen molar-refractivity contribution in [3.8, 4) is 0 Å². The molecule has 2 rings (SSSR count). The van der Waals surface area contributed by atoms with Crippen LogP contribution in [0.4, 0.5) is 5.69 Å². The van der Waals surface area contributed by atoms with E-state index in [4.69, 9.17) is 5.73 Å². The molecular formula is C12H15N3OS2. The van der Waals surface area contributed by atoms with Crippen LogP contribution in [0.2, 0.25) is 0 Å². The molecule has 0 spiro atoms. The van der Waals surface area contributed by atoms with E-state index in [2.05, 4.69) is 10.3 Å². The number of anilines is 1. The van der Waals surface area contributed by atoms with Crippen molar-refractivity contribution in [2.75, 3.05) is 11.6 Å². The van der Waals surface area contributed by atoms with Gasteiger partial charge in [-0.3, -0.25) is 4.79 Å². The molecule has 18 heavy (non-hydrogen) atoms. The van der Waals surface area contributed by atoms with Crippen molar-refractivity contribution in [1.82, 2.24) is 4.98 Å². The van der Waals surface area contributed by atoms with Crippen LogP contribution < -0.4 is 11.1 Å². The number of nitrogens with zero attached hydrogens (tertiary/aromatic N) is 1. The van der Waals surface area contributed by atoms with Gasteiger partial charge in [-0.25, -0.2) is 4.98 Å². The Hall–Kier alpha value is -1.11. The maximum absolute atomic E-state index is 11.7. The van der Waals surface area contributed by atoms with Crippen molar-refractivity contribution >= 4 is 44.9 Å². The summed E-state index contributed by atoms with van der Waals surface area (Å²) < 4.78 is 2.10. The van der Waals surface area contributed by atoms with Crippen LogP contribution in [0.1, 0.15) is 13.3 Å². The Morgan fingerprint density at radius 1 is 1.61 bits per heavy atom. The minimum absolute atomic E-state index is 0.147. The topological polar surface area (TPSA) is 68.0 Å². The van der Waals surface area contributed by atoms with E-state index in [1.165, 1.54) is 0 Å². The van der Waals surface area contributed by atoms with Crippen LogP contribution in [0.3, 0.4) is 0 Å². The van der Waals surface area contributed by atoms with Crippen molar-refractivity contribution in [3.05, 3.63) is 18.2 Å². The summed E-state index contributed by atoms with van der Waals surface area (Å²) in [7, 11) is 0. The van der Waals surface area contributed by atoms with Crippen molar-refractivity contribution in [1.29, 1.82) is 0 Å². The lowest BCUT2D eigenvalue weighted by atomic mass is 10.2. The van der Waals surface area contributed by atoms with Crippen LogP contribution in [-0.2, 0) is 4.79 Å². The van der Waals surface area contributed by atoms with Crippen molar-refractivity contribution in [2.45, 2.75) is 23.7 Å². The normalized spacial score (nSPS) is 12.6. The molecule has 0 unspecified atom stereocenters. The van der Waals surface area contributed by atoms with E-state index in [9.17, 15) is 4.79 Å². The Bertz CT molecular complexity index is 567. The van der Waals surface area contributed by atoms with E-state index in [0.29, 0.717) is 6.42 Å². The average Bonchev–Trinajstić information content (AvgIpc) is 2.79. The molecule has 1 aromatic carbocycles. The molecule has 1 aromatic heterocycles. The maximum Gasteiger partial charge on any atom is 0.241 e. The third kappa shape index (κ3) is 2.82. The van der Waals surface area contributed by atoms with Gasteiger partial charge in [0.25, 0.3) is 0 Å². The highest BCUT2D eigenvalue weighted by atomic mass is 32.2. The number of thiazole rings is 1. The highest BCUT2D eigenvalue weighted by Gasteiger charge is 2.11. The first-order valence-corrected chi connectivity index (χ1v) is 7.69. The van der Waals surface area contributed by atoms with Gasteiger partial charge in [0.2, 0.25) is 5.91 Å². The Morgan fingerprint density at radius 2 is 2.39 bits per heavy atom. The van der Waals surface area contributed by atoms with Crippen LogP contribution in [0.15, 0.2) is 22.5 Å². The molecule has 0 fully saturated rings. The minimum Gasteiger partial charge on any atom is -0.325 e. The number of aromatic nitrogens is 1. The van der Waals surface area contributed by atoms with Gasteiger partial charge >= 0.3 is 0 Å². The molecule has 0 saturated heterocycles. The fraction of sp³-hybridized carbons (Fsp3) is 0.333. The summed E-state index contributed by atoms with van der Waals surface area (Å²) in [6.45, 7) is 1.89. The van der Waals surface area contributed by atoms with Crippen LogP contribution >= 0.6 is 23.1 Å². The van der Waals surface area contributed by atoms with Crippen molar-refractivity contribution in [2.24, 2.45) is 5.73 Å². The second-order valence-corrected chi connectivity index (χ2v) is 5.95. The molecule has 6 heteroatoms. The number of nitrogens with one attached hydrogen (secondary N) is 1. The Kier molecular flexibility index (Phi) is 4.21. The molecule has 0 radical (unpaired) electrons. The van der Waals surface area contributed by atoms with E-state index in [-0.39, 0.29) is 5.91 Å². The summed E-state index contributed by atoms with van der Waals surface area (Å²) in [5.74, 6) is -0.147. The Balaban J connectivity index is 2.21. The third-order valence-electron chi connectivity index (χ3n) is 2.59. The zero-order valence-electron chi connectivity index (χ0n) is 10.3. The van der Waals surface area contributed by atoms with Gasteiger partial charge in [0, 0.05) is 5.69 Å². The molecule has 1 amide bonds. The molecule has 3 N–H and O–H groups in total. The second-order valence-electron chi connectivity index (χ2n) is 3.87. The molecule has 0 bridgehead atoms. The van der Waals surface area contributed by atoms with Gasteiger partial charge in [0.15, 0.2) is 4.34 Å². The number of benzene rings is 1. The van der Waals surface area contributed by atoms with Crippen LogP contribution in [-0.4, -0.2) is 23.2 Å². The van der Waals surface area contributed by atoms with E-state index in [1.54, 1.807) is 23.1 Å². The molecule has 4 nitrogen and oxygen atoms in total. The highest BCUT2D eigenvalue weighted by molar-refractivity contribution is 8.00. The monoisotopic (exact) mass is 281 g/mol. The Morgan fingerprint density at radius 3 is 3.06 bits per heavy atom. The molecule has 0 aliphatic rings. The molecule has 0 saturated carbocycles. The number of rotatable bonds is 4. The largest absolute Gasteiger partial charge is 0.325 e. The standard InChI is InChI=1S/C12H15N3OS2/c1-3-8(13)11(16)14-7-4-5-9-10(6-7)18-12(15-9)17-2/h4-6,8H,3,13H2,1-2H3,(H,14,16)/t8-/m0/s1. The molecule has 1 atom stereocenters. The van der Waals surface area contributed by atoms with E-state index in [0.717, 1.165) is 20.2 Å². The van der Waals surface area contributed by atoms with Crippen LogP contribution in [0.5, 0.6) is 0 Å². The van der Waals surface area contributed by atoms with Gasteiger partial charge in [-0.1, -0.05) is 18.7 Å². The third-order valence-corrected chi connectivity index (χ3v) is 4.59. The lowest BCUT2D eigenvalue weighted by Crippen LogP contribution is -2.34. The highest BCUT2D eigenvalue weighted by Crippen LogP contribution is 2.29. The summed E-state index contributed by atoms with van der Waals surface area (Å²) in [5, 5.41) is 2.82. The maximum atomic E-state index is 11.7. The average molecular weight is 281 g/mol. The number of hydrogen-bond acceptors (Lipinski definition) is 5. The predicted molar refractivity (Wildman–Crippen MR) is 78.3 cm³/mol. The van der Waals surface area contributed by atoms with Gasteiger partial charge in [0.1, 0.15) is 0 Å². The predicted octanol–water partition coefficient (Wildman–Crippen LogP) is 2.69. The summed E-state index contributed by atoms with van der Waals surface area (Å²) >= 11 is 3.24. The zero-order chi connectivity index (χ0) is 13.1. The minimum atomic E-state index is -0.455.